The molecule has 1 aliphatic rings. The highest BCUT2D eigenvalue weighted by Crippen LogP contribution is 2.33. The summed E-state index contributed by atoms with van der Waals surface area (Å²) < 4.78 is 0.891. The van der Waals surface area contributed by atoms with E-state index in [1.54, 1.807) is 0 Å². The molecule has 0 spiro atoms. The number of thiocarbonyl (C=S) groups is 1. The Hall–Kier alpha value is -0.650. The Morgan fingerprint density at radius 1 is 1.47 bits per heavy atom. The van der Waals surface area contributed by atoms with Crippen molar-refractivity contribution >= 4 is 38.8 Å². The molecular formula is C14H19BrN2OS. The van der Waals surface area contributed by atoms with Crippen molar-refractivity contribution in [3.8, 4) is 0 Å². The summed E-state index contributed by atoms with van der Waals surface area (Å²) in [4.78, 5) is 2.41. The van der Waals surface area contributed by atoms with Crippen LogP contribution in [0.5, 0.6) is 0 Å². The van der Waals surface area contributed by atoms with Crippen LogP contribution in [-0.4, -0.2) is 29.3 Å². The standard InChI is InChI=1S/C14H19BrN2OS/c1-17(9-14(18)7-2-3-8-14)11-6-4-5-10(15)12(11)13(16)19/h4-6,18H,2-3,7-9H2,1H3,(H2,16,19). The van der Waals surface area contributed by atoms with Crippen molar-refractivity contribution in [1.29, 1.82) is 0 Å². The lowest BCUT2D eigenvalue weighted by Gasteiger charge is -2.31. The van der Waals surface area contributed by atoms with E-state index in [0.717, 1.165) is 41.4 Å². The number of likely N-dealkylation sites (N-methyl/N-ethyl adjacent to an activating group) is 1. The smallest absolute Gasteiger partial charge is 0.107 e. The van der Waals surface area contributed by atoms with Gasteiger partial charge in [-0.1, -0.05) is 31.1 Å². The number of halogens is 1. The molecule has 0 unspecified atom stereocenters. The van der Waals surface area contributed by atoms with Crippen LogP contribution in [0.2, 0.25) is 0 Å². The van der Waals surface area contributed by atoms with E-state index >= 15 is 0 Å². The summed E-state index contributed by atoms with van der Waals surface area (Å²) in [7, 11) is 1.97. The van der Waals surface area contributed by atoms with Gasteiger partial charge in [-0.05, 0) is 40.9 Å². The molecule has 1 fully saturated rings. The number of anilines is 1. The highest BCUT2D eigenvalue weighted by Gasteiger charge is 2.32. The zero-order chi connectivity index (χ0) is 14.0. The Bertz CT molecular complexity index is 486. The number of aliphatic hydroxyl groups is 1. The van der Waals surface area contributed by atoms with Crippen LogP contribution in [0.4, 0.5) is 5.69 Å². The van der Waals surface area contributed by atoms with Gasteiger partial charge >= 0.3 is 0 Å². The Morgan fingerprint density at radius 2 is 2.11 bits per heavy atom. The molecule has 3 nitrogen and oxygen atoms in total. The van der Waals surface area contributed by atoms with E-state index < -0.39 is 5.60 Å². The molecule has 5 heteroatoms. The molecule has 0 aliphatic heterocycles. The molecule has 0 amide bonds. The summed E-state index contributed by atoms with van der Waals surface area (Å²) in [6, 6.07) is 5.87. The van der Waals surface area contributed by atoms with E-state index in [1.807, 2.05) is 30.1 Å². The van der Waals surface area contributed by atoms with Crippen molar-refractivity contribution in [2.45, 2.75) is 31.3 Å². The minimum Gasteiger partial charge on any atom is -0.389 e. The summed E-state index contributed by atoms with van der Waals surface area (Å²) in [5.41, 5.74) is 7.02. The van der Waals surface area contributed by atoms with E-state index in [1.165, 1.54) is 0 Å². The molecule has 0 bridgehead atoms. The fourth-order valence-corrected chi connectivity index (χ4v) is 3.71. The fourth-order valence-electron chi connectivity index (χ4n) is 2.79. The molecule has 3 N–H and O–H groups in total. The normalized spacial score (nSPS) is 17.4. The van der Waals surface area contributed by atoms with Gasteiger partial charge in [-0.3, -0.25) is 0 Å². The SMILES string of the molecule is CN(CC1(O)CCCC1)c1cccc(Br)c1C(N)=S. The predicted octanol–water partition coefficient (Wildman–Crippen LogP) is 2.82. The van der Waals surface area contributed by atoms with Gasteiger partial charge in [0.05, 0.1) is 5.60 Å². The first-order valence-corrected chi connectivity index (χ1v) is 7.65. The highest BCUT2D eigenvalue weighted by atomic mass is 79.9. The largest absolute Gasteiger partial charge is 0.389 e. The second-order valence-electron chi connectivity index (χ2n) is 5.29. The Balaban J connectivity index is 2.26. The number of hydrogen-bond acceptors (Lipinski definition) is 3. The first-order chi connectivity index (χ1) is 8.93. The van der Waals surface area contributed by atoms with Gasteiger partial charge in [0.2, 0.25) is 0 Å². The van der Waals surface area contributed by atoms with Crippen LogP contribution >= 0.6 is 28.1 Å². The van der Waals surface area contributed by atoms with Crippen LogP contribution in [0.1, 0.15) is 31.2 Å². The van der Waals surface area contributed by atoms with E-state index in [4.69, 9.17) is 18.0 Å². The van der Waals surface area contributed by atoms with Crippen molar-refractivity contribution in [2.24, 2.45) is 5.73 Å². The number of benzene rings is 1. The zero-order valence-corrected chi connectivity index (χ0v) is 13.4. The summed E-state index contributed by atoms with van der Waals surface area (Å²) in [6.45, 7) is 0.610. The van der Waals surface area contributed by atoms with Crippen LogP contribution < -0.4 is 10.6 Å². The van der Waals surface area contributed by atoms with E-state index in [2.05, 4.69) is 15.9 Å². The lowest BCUT2D eigenvalue weighted by atomic mass is 10.0. The van der Waals surface area contributed by atoms with Crippen LogP contribution in [0.15, 0.2) is 22.7 Å². The van der Waals surface area contributed by atoms with E-state index in [0.29, 0.717) is 11.5 Å². The third kappa shape index (κ3) is 3.27. The van der Waals surface area contributed by atoms with Crippen molar-refractivity contribution < 1.29 is 5.11 Å². The van der Waals surface area contributed by atoms with E-state index in [9.17, 15) is 5.11 Å². The van der Waals surface area contributed by atoms with Crippen LogP contribution in [0.25, 0.3) is 0 Å². The molecule has 2 rings (SSSR count). The van der Waals surface area contributed by atoms with Crippen molar-refractivity contribution in [3.63, 3.8) is 0 Å². The maximum absolute atomic E-state index is 10.5. The molecule has 0 heterocycles. The van der Waals surface area contributed by atoms with Gasteiger partial charge < -0.3 is 15.7 Å². The van der Waals surface area contributed by atoms with Gasteiger partial charge in [0.25, 0.3) is 0 Å². The van der Waals surface area contributed by atoms with Gasteiger partial charge in [0, 0.05) is 29.3 Å². The predicted molar refractivity (Wildman–Crippen MR) is 86.7 cm³/mol. The van der Waals surface area contributed by atoms with Crippen LogP contribution in [-0.2, 0) is 0 Å². The average Bonchev–Trinajstić information content (AvgIpc) is 2.74. The quantitative estimate of drug-likeness (QED) is 0.826. The molecule has 1 saturated carbocycles. The number of nitrogens with two attached hydrogens (primary N) is 1. The third-order valence-electron chi connectivity index (χ3n) is 3.72. The van der Waals surface area contributed by atoms with Gasteiger partial charge in [0.15, 0.2) is 0 Å². The molecule has 0 atom stereocenters. The molecule has 0 saturated heterocycles. The molecule has 104 valence electrons. The highest BCUT2D eigenvalue weighted by molar-refractivity contribution is 9.10. The number of nitrogens with zero attached hydrogens (tertiary/aromatic N) is 1. The maximum Gasteiger partial charge on any atom is 0.107 e. The second kappa shape index (κ2) is 5.77. The monoisotopic (exact) mass is 342 g/mol. The lowest BCUT2D eigenvalue weighted by molar-refractivity contribution is 0.0559. The van der Waals surface area contributed by atoms with Gasteiger partial charge in [-0.2, -0.15) is 0 Å². The summed E-state index contributed by atoms with van der Waals surface area (Å²) in [5, 5.41) is 10.5. The van der Waals surface area contributed by atoms with Crippen LogP contribution in [0, 0.1) is 0 Å². The number of rotatable bonds is 4. The second-order valence-corrected chi connectivity index (χ2v) is 6.58. The first kappa shape index (κ1) is 14.8. The summed E-state index contributed by atoms with van der Waals surface area (Å²) in [5.74, 6) is 0. The van der Waals surface area contributed by atoms with Crippen LogP contribution in [0.3, 0.4) is 0 Å². The summed E-state index contributed by atoms with van der Waals surface area (Å²) >= 11 is 8.61. The minimum absolute atomic E-state index is 0.368. The topological polar surface area (TPSA) is 49.5 Å². The summed E-state index contributed by atoms with van der Waals surface area (Å²) in [6.07, 6.45) is 3.94. The van der Waals surface area contributed by atoms with Crippen molar-refractivity contribution in [1.82, 2.24) is 0 Å². The Morgan fingerprint density at radius 3 is 2.68 bits per heavy atom. The lowest BCUT2D eigenvalue weighted by Crippen LogP contribution is -2.40. The molecule has 0 aromatic heterocycles. The fraction of sp³-hybridized carbons (Fsp3) is 0.500. The Labute approximate surface area is 127 Å². The van der Waals surface area contributed by atoms with Crippen molar-refractivity contribution in [2.75, 3.05) is 18.5 Å². The molecule has 19 heavy (non-hydrogen) atoms. The number of hydrogen-bond donors (Lipinski definition) is 2. The van der Waals surface area contributed by atoms with E-state index in [-0.39, 0.29) is 0 Å². The third-order valence-corrected chi connectivity index (χ3v) is 4.58. The first-order valence-electron chi connectivity index (χ1n) is 6.45. The van der Waals surface area contributed by atoms with Crippen molar-refractivity contribution in [3.05, 3.63) is 28.2 Å². The molecule has 0 radical (unpaired) electrons. The maximum atomic E-state index is 10.5. The minimum atomic E-state index is -0.579. The van der Waals surface area contributed by atoms with Gasteiger partial charge in [-0.15, -0.1) is 0 Å². The molecular weight excluding hydrogens is 324 g/mol. The molecule has 1 aliphatic carbocycles. The Kier molecular flexibility index (Phi) is 4.48. The average molecular weight is 343 g/mol. The zero-order valence-electron chi connectivity index (χ0n) is 11.0. The molecule has 1 aromatic carbocycles. The molecule has 1 aromatic rings. The van der Waals surface area contributed by atoms with Gasteiger partial charge in [-0.25, -0.2) is 0 Å². The van der Waals surface area contributed by atoms with Gasteiger partial charge in [0.1, 0.15) is 4.99 Å².